The number of nitrogens with one attached hydrogen (secondary N) is 1. The van der Waals surface area contributed by atoms with Crippen LogP contribution in [-0.4, -0.2) is 19.7 Å². The molecule has 2 aliphatic rings. The minimum absolute atomic E-state index is 0.235. The number of anilines is 1. The van der Waals surface area contributed by atoms with Crippen molar-refractivity contribution in [3.05, 3.63) is 65.2 Å². The van der Waals surface area contributed by atoms with Crippen molar-refractivity contribution < 1.29 is 4.84 Å². The maximum Gasteiger partial charge on any atom is 0.100 e. The lowest BCUT2D eigenvalue weighted by atomic mass is 9.95. The van der Waals surface area contributed by atoms with Gasteiger partial charge in [0.2, 0.25) is 0 Å². The van der Waals surface area contributed by atoms with Gasteiger partial charge in [0.1, 0.15) is 6.10 Å². The summed E-state index contributed by atoms with van der Waals surface area (Å²) < 4.78 is 0. The summed E-state index contributed by atoms with van der Waals surface area (Å²) in [5, 5.41) is 5.37. The van der Waals surface area contributed by atoms with Crippen LogP contribution in [0.3, 0.4) is 0 Å². The molecule has 2 aromatic carbocycles. The summed E-state index contributed by atoms with van der Waals surface area (Å²) in [4.78, 5) is 6.24. The van der Waals surface area contributed by atoms with E-state index in [-0.39, 0.29) is 6.10 Å². The fourth-order valence-corrected chi connectivity index (χ4v) is 3.55. The minimum atomic E-state index is 0.235. The monoisotopic (exact) mass is 280 g/mol. The van der Waals surface area contributed by atoms with Gasteiger partial charge in [-0.1, -0.05) is 42.5 Å². The number of nitrogens with zero attached hydrogens (tertiary/aromatic N) is 1. The quantitative estimate of drug-likeness (QED) is 0.915. The molecule has 0 aromatic heterocycles. The van der Waals surface area contributed by atoms with Gasteiger partial charge in [0.15, 0.2) is 0 Å². The molecule has 0 bridgehead atoms. The van der Waals surface area contributed by atoms with E-state index in [1.54, 1.807) is 0 Å². The molecule has 2 aliphatic heterocycles. The maximum atomic E-state index is 6.24. The summed E-state index contributed by atoms with van der Waals surface area (Å²) in [6.45, 7) is 0.886. The molecule has 0 amide bonds. The van der Waals surface area contributed by atoms with Gasteiger partial charge in [0, 0.05) is 13.0 Å². The van der Waals surface area contributed by atoms with Gasteiger partial charge in [-0.25, -0.2) is 5.06 Å². The van der Waals surface area contributed by atoms with Crippen LogP contribution in [0.1, 0.15) is 29.2 Å². The first-order valence-corrected chi connectivity index (χ1v) is 7.63. The Morgan fingerprint density at radius 3 is 2.71 bits per heavy atom. The van der Waals surface area contributed by atoms with Gasteiger partial charge in [-0.3, -0.25) is 4.84 Å². The van der Waals surface area contributed by atoms with Gasteiger partial charge >= 0.3 is 0 Å². The molecule has 1 fully saturated rings. The number of fused-ring (bicyclic) bond motifs is 5. The van der Waals surface area contributed by atoms with Crippen molar-refractivity contribution in [2.24, 2.45) is 0 Å². The Morgan fingerprint density at radius 1 is 1.10 bits per heavy atom. The molecule has 0 radical (unpaired) electrons. The first-order chi connectivity index (χ1) is 10.4. The third kappa shape index (κ3) is 2.13. The Bertz CT molecular complexity index is 602. The van der Waals surface area contributed by atoms with E-state index in [2.05, 4.69) is 58.9 Å². The Balaban J connectivity index is 1.83. The lowest BCUT2D eigenvalue weighted by molar-refractivity contribution is 0.0845. The number of likely N-dealkylation sites (N-methyl/N-ethyl adjacent to an activating group) is 1. The molecular weight excluding hydrogens is 260 g/mol. The van der Waals surface area contributed by atoms with Gasteiger partial charge in [0.05, 0.1) is 11.7 Å². The van der Waals surface area contributed by atoms with Crippen molar-refractivity contribution in [2.75, 3.05) is 18.7 Å². The van der Waals surface area contributed by atoms with Crippen molar-refractivity contribution in [1.29, 1.82) is 0 Å². The summed E-state index contributed by atoms with van der Waals surface area (Å²) in [5.74, 6) is 0. The van der Waals surface area contributed by atoms with Crippen LogP contribution < -0.4 is 10.4 Å². The molecule has 4 rings (SSSR count). The summed E-state index contributed by atoms with van der Waals surface area (Å²) in [6.07, 6.45) is 2.25. The normalized spacial score (nSPS) is 23.2. The lowest BCUT2D eigenvalue weighted by Crippen LogP contribution is -2.26. The largest absolute Gasteiger partial charge is 0.317 e. The summed E-state index contributed by atoms with van der Waals surface area (Å²) >= 11 is 0. The van der Waals surface area contributed by atoms with E-state index in [0.29, 0.717) is 6.04 Å². The lowest BCUT2D eigenvalue weighted by Gasteiger charge is -2.25. The zero-order valence-electron chi connectivity index (χ0n) is 12.3. The predicted octanol–water partition coefficient (Wildman–Crippen LogP) is 3.06. The Kier molecular flexibility index (Phi) is 3.17. The first kappa shape index (κ1) is 12.9. The van der Waals surface area contributed by atoms with Gasteiger partial charge in [-0.15, -0.1) is 0 Å². The number of hydrogen-bond acceptors (Lipinski definition) is 3. The van der Waals surface area contributed by atoms with Gasteiger partial charge in [0.25, 0.3) is 0 Å². The van der Waals surface area contributed by atoms with Gasteiger partial charge in [-0.2, -0.15) is 0 Å². The molecule has 108 valence electrons. The molecular formula is C18H20N2O. The molecule has 1 N–H and O–H groups in total. The standard InChI is InChI=1S/C18H20N2O/c1-19-12-15-11-18-16-8-4-2-6-13(16)10-14-7-3-5-9-17(14)20(18)21-15/h2-9,15,18-19H,10-12H2,1H3/t15-,18-/m0/s1. The Morgan fingerprint density at radius 2 is 1.86 bits per heavy atom. The molecule has 0 unspecified atom stereocenters. The van der Waals surface area contributed by atoms with E-state index in [4.69, 9.17) is 4.84 Å². The third-order valence-electron chi connectivity index (χ3n) is 4.49. The number of hydroxylamine groups is 1. The average Bonchev–Trinajstić information content (AvgIpc) is 2.87. The van der Waals surface area contributed by atoms with Gasteiger partial charge < -0.3 is 5.32 Å². The topological polar surface area (TPSA) is 24.5 Å². The average molecular weight is 280 g/mol. The number of hydrogen-bond donors (Lipinski definition) is 1. The van der Waals surface area contributed by atoms with Crippen LogP contribution in [-0.2, 0) is 11.3 Å². The van der Waals surface area contributed by atoms with E-state index in [1.165, 1.54) is 22.4 Å². The van der Waals surface area contributed by atoms with Crippen LogP contribution in [0.4, 0.5) is 5.69 Å². The van der Waals surface area contributed by atoms with Gasteiger partial charge in [-0.05, 0) is 36.2 Å². The summed E-state index contributed by atoms with van der Waals surface area (Å²) in [6, 6.07) is 17.7. The number of benzene rings is 2. The molecule has 3 nitrogen and oxygen atoms in total. The second kappa shape index (κ2) is 5.17. The number of para-hydroxylation sites is 1. The molecule has 0 saturated carbocycles. The smallest absolute Gasteiger partial charge is 0.100 e. The minimum Gasteiger partial charge on any atom is -0.317 e. The summed E-state index contributed by atoms with van der Waals surface area (Å²) in [5.41, 5.74) is 5.40. The highest BCUT2D eigenvalue weighted by molar-refractivity contribution is 5.59. The van der Waals surface area contributed by atoms with Crippen molar-refractivity contribution in [2.45, 2.75) is 25.0 Å². The summed E-state index contributed by atoms with van der Waals surface area (Å²) in [7, 11) is 1.98. The van der Waals surface area contributed by atoms with Crippen LogP contribution in [0.25, 0.3) is 0 Å². The molecule has 2 atom stereocenters. The van der Waals surface area contributed by atoms with Crippen LogP contribution >= 0.6 is 0 Å². The van der Waals surface area contributed by atoms with E-state index in [1.807, 2.05) is 7.05 Å². The SMILES string of the molecule is CNC[C@@H]1C[C@H]2c3ccccc3Cc3ccccc3N2O1. The highest BCUT2D eigenvalue weighted by atomic mass is 16.7. The highest BCUT2D eigenvalue weighted by Gasteiger charge is 2.38. The first-order valence-electron chi connectivity index (χ1n) is 7.63. The fraction of sp³-hybridized carbons (Fsp3) is 0.333. The second-order valence-corrected chi connectivity index (χ2v) is 5.87. The Labute approximate surface area is 125 Å². The fourth-order valence-electron chi connectivity index (χ4n) is 3.55. The van der Waals surface area contributed by atoms with Crippen molar-refractivity contribution in [3.8, 4) is 0 Å². The van der Waals surface area contributed by atoms with Crippen LogP contribution in [0.5, 0.6) is 0 Å². The number of rotatable bonds is 2. The van der Waals surface area contributed by atoms with E-state index >= 15 is 0 Å². The van der Waals surface area contributed by atoms with E-state index in [0.717, 1.165) is 19.4 Å². The zero-order valence-corrected chi connectivity index (χ0v) is 12.3. The zero-order chi connectivity index (χ0) is 14.2. The highest BCUT2D eigenvalue weighted by Crippen LogP contribution is 2.43. The van der Waals surface area contributed by atoms with Crippen molar-refractivity contribution >= 4 is 5.69 Å². The molecule has 21 heavy (non-hydrogen) atoms. The second-order valence-electron chi connectivity index (χ2n) is 5.87. The Hall–Kier alpha value is -1.84. The molecule has 3 heteroatoms. The maximum absolute atomic E-state index is 6.24. The molecule has 0 spiro atoms. The van der Waals surface area contributed by atoms with Crippen molar-refractivity contribution in [1.82, 2.24) is 5.32 Å². The molecule has 2 heterocycles. The van der Waals surface area contributed by atoms with Crippen LogP contribution in [0.2, 0.25) is 0 Å². The predicted molar refractivity (Wildman–Crippen MR) is 84.3 cm³/mol. The molecule has 0 aliphatic carbocycles. The third-order valence-corrected chi connectivity index (χ3v) is 4.49. The molecule has 1 saturated heterocycles. The van der Waals surface area contributed by atoms with Crippen LogP contribution in [0, 0.1) is 0 Å². The molecule has 2 aromatic rings. The van der Waals surface area contributed by atoms with Crippen molar-refractivity contribution in [3.63, 3.8) is 0 Å². The van der Waals surface area contributed by atoms with Crippen LogP contribution in [0.15, 0.2) is 48.5 Å². The van der Waals surface area contributed by atoms with E-state index < -0.39 is 0 Å². The van der Waals surface area contributed by atoms with E-state index in [9.17, 15) is 0 Å².